The van der Waals surface area contributed by atoms with E-state index in [4.69, 9.17) is 0 Å². The van der Waals surface area contributed by atoms with Crippen LogP contribution in [0.15, 0.2) is 22.5 Å². The van der Waals surface area contributed by atoms with Crippen LogP contribution < -0.4 is 10.6 Å². The fourth-order valence-electron chi connectivity index (χ4n) is 1.51. The minimum absolute atomic E-state index is 0.376. The molecule has 0 fully saturated rings. The third kappa shape index (κ3) is 5.95. The standard InChI is InChI=1S/C12H19F2N3S/c1-9(6-10-4-3-5-18-10)7-16-12(15-2)17-8-11(13)14/h3-5,9,11H,6-8H2,1-2H3,(H2,15,16,17). The molecule has 1 heterocycles. The predicted molar refractivity (Wildman–Crippen MR) is 72.6 cm³/mol. The number of alkyl halides is 2. The highest BCUT2D eigenvalue weighted by Crippen LogP contribution is 2.13. The topological polar surface area (TPSA) is 36.4 Å². The number of nitrogens with zero attached hydrogens (tertiary/aromatic N) is 1. The molecule has 0 radical (unpaired) electrons. The van der Waals surface area contributed by atoms with Gasteiger partial charge < -0.3 is 10.6 Å². The van der Waals surface area contributed by atoms with Gasteiger partial charge in [0.05, 0.1) is 6.54 Å². The fourth-order valence-corrected chi connectivity index (χ4v) is 2.38. The van der Waals surface area contributed by atoms with Crippen molar-refractivity contribution in [3.63, 3.8) is 0 Å². The van der Waals surface area contributed by atoms with Crippen LogP contribution in [0.3, 0.4) is 0 Å². The molecule has 102 valence electrons. The first kappa shape index (κ1) is 14.9. The Morgan fingerprint density at radius 2 is 2.11 bits per heavy atom. The zero-order chi connectivity index (χ0) is 13.4. The summed E-state index contributed by atoms with van der Waals surface area (Å²) in [7, 11) is 1.57. The molecule has 0 bridgehead atoms. The zero-order valence-corrected chi connectivity index (χ0v) is 11.4. The number of nitrogens with one attached hydrogen (secondary N) is 2. The smallest absolute Gasteiger partial charge is 0.255 e. The third-order valence-corrected chi connectivity index (χ3v) is 3.29. The monoisotopic (exact) mass is 275 g/mol. The Bertz CT molecular complexity index is 352. The lowest BCUT2D eigenvalue weighted by Crippen LogP contribution is -2.41. The number of hydrogen-bond donors (Lipinski definition) is 2. The fraction of sp³-hybridized carbons (Fsp3) is 0.583. The minimum atomic E-state index is -2.37. The first-order valence-corrected chi connectivity index (χ1v) is 6.74. The lowest BCUT2D eigenvalue weighted by molar-refractivity contribution is 0.152. The van der Waals surface area contributed by atoms with Crippen molar-refractivity contribution < 1.29 is 8.78 Å². The quantitative estimate of drug-likeness (QED) is 0.617. The summed E-state index contributed by atoms with van der Waals surface area (Å²) < 4.78 is 24.1. The number of aliphatic imine (C=N–C) groups is 1. The second-order valence-corrected chi connectivity index (χ2v) is 5.15. The lowest BCUT2D eigenvalue weighted by atomic mass is 10.1. The van der Waals surface area contributed by atoms with E-state index >= 15 is 0 Å². The van der Waals surface area contributed by atoms with Crippen LogP contribution in [-0.2, 0) is 6.42 Å². The molecule has 1 aromatic rings. The molecule has 0 spiro atoms. The Hall–Kier alpha value is -1.17. The van der Waals surface area contributed by atoms with Crippen LogP contribution in [0.25, 0.3) is 0 Å². The minimum Gasteiger partial charge on any atom is -0.356 e. The average molecular weight is 275 g/mol. The van der Waals surface area contributed by atoms with Gasteiger partial charge in [0.25, 0.3) is 6.43 Å². The van der Waals surface area contributed by atoms with E-state index in [-0.39, 0.29) is 6.54 Å². The van der Waals surface area contributed by atoms with E-state index in [1.165, 1.54) is 4.88 Å². The van der Waals surface area contributed by atoms with Gasteiger partial charge in [0.1, 0.15) is 0 Å². The molecule has 1 atom stereocenters. The maximum atomic E-state index is 12.0. The summed E-state index contributed by atoms with van der Waals surface area (Å²) in [6.45, 7) is 2.45. The number of hydrogen-bond acceptors (Lipinski definition) is 2. The highest BCUT2D eigenvalue weighted by Gasteiger charge is 2.07. The molecule has 0 saturated heterocycles. The summed E-state index contributed by atoms with van der Waals surface area (Å²) in [4.78, 5) is 5.23. The summed E-state index contributed by atoms with van der Waals surface area (Å²) in [6.07, 6.45) is -1.39. The molecular formula is C12H19F2N3S. The molecule has 18 heavy (non-hydrogen) atoms. The van der Waals surface area contributed by atoms with Crippen molar-refractivity contribution in [1.29, 1.82) is 0 Å². The second kappa shape index (κ2) is 8.02. The number of guanidine groups is 1. The predicted octanol–water partition coefficient (Wildman–Crippen LogP) is 2.36. The molecule has 0 aliphatic carbocycles. The van der Waals surface area contributed by atoms with Crippen LogP contribution in [0.4, 0.5) is 8.78 Å². The number of thiophene rings is 1. The average Bonchev–Trinajstić information content (AvgIpc) is 2.81. The van der Waals surface area contributed by atoms with Crippen molar-refractivity contribution in [2.24, 2.45) is 10.9 Å². The van der Waals surface area contributed by atoms with Crippen LogP contribution in [-0.4, -0.2) is 32.5 Å². The molecule has 0 aromatic carbocycles. The Labute approximate surface area is 110 Å². The number of halogens is 2. The lowest BCUT2D eigenvalue weighted by Gasteiger charge is -2.15. The number of rotatable bonds is 6. The normalized spacial score (nSPS) is 13.7. The van der Waals surface area contributed by atoms with E-state index in [0.717, 1.165) is 6.42 Å². The first-order chi connectivity index (χ1) is 8.61. The molecular weight excluding hydrogens is 256 g/mol. The molecule has 6 heteroatoms. The molecule has 1 rings (SSSR count). The molecule has 1 aromatic heterocycles. The second-order valence-electron chi connectivity index (χ2n) is 4.11. The van der Waals surface area contributed by atoms with E-state index in [1.807, 2.05) is 6.07 Å². The maximum Gasteiger partial charge on any atom is 0.255 e. The van der Waals surface area contributed by atoms with Gasteiger partial charge in [-0.25, -0.2) is 8.78 Å². The van der Waals surface area contributed by atoms with Crippen molar-refractivity contribution in [1.82, 2.24) is 10.6 Å². The van der Waals surface area contributed by atoms with Crippen LogP contribution in [0.1, 0.15) is 11.8 Å². The summed E-state index contributed by atoms with van der Waals surface area (Å²) in [5.41, 5.74) is 0. The Kier molecular flexibility index (Phi) is 6.64. The van der Waals surface area contributed by atoms with Gasteiger partial charge >= 0.3 is 0 Å². The van der Waals surface area contributed by atoms with E-state index in [1.54, 1.807) is 18.4 Å². The summed E-state index contributed by atoms with van der Waals surface area (Å²) >= 11 is 1.73. The van der Waals surface area contributed by atoms with E-state index in [9.17, 15) is 8.78 Å². The molecule has 0 aliphatic heterocycles. The van der Waals surface area contributed by atoms with Gasteiger partial charge in [-0.3, -0.25) is 4.99 Å². The van der Waals surface area contributed by atoms with Gasteiger partial charge in [-0.1, -0.05) is 13.0 Å². The summed E-state index contributed by atoms with van der Waals surface area (Å²) in [5, 5.41) is 7.68. The maximum absolute atomic E-state index is 12.0. The highest BCUT2D eigenvalue weighted by molar-refractivity contribution is 7.09. The van der Waals surface area contributed by atoms with Crippen LogP contribution in [0.5, 0.6) is 0 Å². The molecule has 3 nitrogen and oxygen atoms in total. The molecule has 2 N–H and O–H groups in total. The van der Waals surface area contributed by atoms with Crippen LogP contribution in [0.2, 0.25) is 0 Å². The van der Waals surface area contributed by atoms with E-state index < -0.39 is 6.43 Å². The van der Waals surface area contributed by atoms with Crippen molar-refractivity contribution in [2.75, 3.05) is 20.1 Å². The Balaban J connectivity index is 2.25. The van der Waals surface area contributed by atoms with Crippen LogP contribution in [0, 0.1) is 5.92 Å². The Morgan fingerprint density at radius 1 is 1.39 bits per heavy atom. The molecule has 0 aliphatic rings. The van der Waals surface area contributed by atoms with Gasteiger partial charge in [0.15, 0.2) is 5.96 Å². The van der Waals surface area contributed by atoms with E-state index in [2.05, 4.69) is 34.0 Å². The third-order valence-electron chi connectivity index (χ3n) is 2.40. The summed E-state index contributed by atoms with van der Waals surface area (Å²) in [6, 6.07) is 4.13. The SMILES string of the molecule is CN=C(NCC(F)F)NCC(C)Cc1cccs1. The first-order valence-electron chi connectivity index (χ1n) is 5.87. The van der Waals surface area contributed by atoms with Gasteiger partial charge in [-0.05, 0) is 23.8 Å². The van der Waals surface area contributed by atoms with Crippen molar-refractivity contribution in [3.05, 3.63) is 22.4 Å². The van der Waals surface area contributed by atoms with Gasteiger partial charge in [-0.15, -0.1) is 11.3 Å². The van der Waals surface area contributed by atoms with Gasteiger partial charge in [0.2, 0.25) is 0 Å². The van der Waals surface area contributed by atoms with Gasteiger partial charge in [-0.2, -0.15) is 0 Å². The van der Waals surface area contributed by atoms with Crippen molar-refractivity contribution in [2.45, 2.75) is 19.8 Å². The molecule has 0 amide bonds. The Morgan fingerprint density at radius 3 is 2.67 bits per heavy atom. The van der Waals surface area contributed by atoms with Gasteiger partial charge in [0, 0.05) is 18.5 Å². The largest absolute Gasteiger partial charge is 0.356 e. The van der Waals surface area contributed by atoms with Crippen molar-refractivity contribution in [3.8, 4) is 0 Å². The van der Waals surface area contributed by atoms with Crippen molar-refractivity contribution >= 4 is 17.3 Å². The zero-order valence-electron chi connectivity index (χ0n) is 10.6. The molecule has 0 saturated carbocycles. The summed E-state index contributed by atoms with van der Waals surface area (Å²) in [5.74, 6) is 0.849. The molecule has 1 unspecified atom stereocenters. The van der Waals surface area contributed by atoms with E-state index in [0.29, 0.717) is 18.4 Å². The van der Waals surface area contributed by atoms with Crippen LogP contribution >= 0.6 is 11.3 Å². The highest BCUT2D eigenvalue weighted by atomic mass is 32.1.